The highest BCUT2D eigenvalue weighted by molar-refractivity contribution is 6.02. The Hall–Kier alpha value is -3.10. The molecule has 0 unspecified atom stereocenters. The molecule has 9 heteroatoms. The standard InChI is InChI=1S/C18H16F3N3O3/c1-27-14-4-2-3-12(9-14)15(25)11-23-7-8-24(17(23)26)13-5-6-16(22-10-13)18(19,20)21/h2-6,9-10H,7-8,11H2,1H3. The van der Waals surface area contributed by atoms with Crippen LogP contribution >= 0.6 is 0 Å². The second-order valence-electron chi connectivity index (χ2n) is 5.91. The smallest absolute Gasteiger partial charge is 0.433 e. The van der Waals surface area contributed by atoms with E-state index in [4.69, 9.17) is 4.74 Å². The summed E-state index contributed by atoms with van der Waals surface area (Å²) in [6, 6.07) is 8.17. The Bertz CT molecular complexity index is 853. The number of hydrogen-bond acceptors (Lipinski definition) is 4. The first-order valence-corrected chi connectivity index (χ1v) is 8.06. The van der Waals surface area contributed by atoms with Crippen molar-refractivity contribution in [3.63, 3.8) is 0 Å². The highest BCUT2D eigenvalue weighted by atomic mass is 19.4. The molecular weight excluding hydrogens is 363 g/mol. The van der Waals surface area contributed by atoms with Gasteiger partial charge in [0.05, 0.1) is 25.5 Å². The number of carbonyl (C=O) groups is 2. The second kappa shape index (κ2) is 7.26. The van der Waals surface area contributed by atoms with E-state index in [0.717, 1.165) is 12.3 Å². The van der Waals surface area contributed by atoms with Crippen molar-refractivity contribution in [3.05, 3.63) is 53.9 Å². The van der Waals surface area contributed by atoms with E-state index in [2.05, 4.69) is 4.98 Å². The molecule has 2 heterocycles. The minimum absolute atomic E-state index is 0.128. The highest BCUT2D eigenvalue weighted by Gasteiger charge is 2.34. The lowest BCUT2D eigenvalue weighted by molar-refractivity contribution is -0.141. The van der Waals surface area contributed by atoms with Gasteiger partial charge in [-0.1, -0.05) is 12.1 Å². The number of pyridine rings is 1. The van der Waals surface area contributed by atoms with E-state index in [1.807, 2.05) is 0 Å². The minimum atomic E-state index is -4.54. The number of ketones is 1. The number of methoxy groups -OCH3 is 1. The molecule has 0 spiro atoms. The normalized spacial score (nSPS) is 14.6. The van der Waals surface area contributed by atoms with Crippen LogP contribution in [0.25, 0.3) is 0 Å². The van der Waals surface area contributed by atoms with E-state index in [-0.39, 0.29) is 31.1 Å². The number of alkyl halides is 3. The van der Waals surface area contributed by atoms with Crippen LogP contribution in [0.4, 0.5) is 23.7 Å². The van der Waals surface area contributed by atoms with Gasteiger partial charge in [0, 0.05) is 18.7 Å². The molecule has 1 aromatic carbocycles. The number of anilines is 1. The summed E-state index contributed by atoms with van der Waals surface area (Å²) in [6.07, 6.45) is -3.53. The van der Waals surface area contributed by atoms with Crippen molar-refractivity contribution in [1.29, 1.82) is 0 Å². The van der Waals surface area contributed by atoms with Crippen LogP contribution in [0.2, 0.25) is 0 Å². The third-order valence-electron chi connectivity index (χ3n) is 4.17. The van der Waals surface area contributed by atoms with E-state index in [1.165, 1.54) is 23.0 Å². The molecule has 1 aliphatic heterocycles. The predicted octanol–water partition coefficient (Wildman–Crippen LogP) is 3.23. The predicted molar refractivity (Wildman–Crippen MR) is 90.9 cm³/mol. The third-order valence-corrected chi connectivity index (χ3v) is 4.17. The van der Waals surface area contributed by atoms with Gasteiger partial charge < -0.3 is 9.64 Å². The number of urea groups is 1. The van der Waals surface area contributed by atoms with Crippen molar-refractivity contribution in [3.8, 4) is 5.75 Å². The lowest BCUT2D eigenvalue weighted by atomic mass is 10.1. The van der Waals surface area contributed by atoms with Crippen molar-refractivity contribution in [2.45, 2.75) is 6.18 Å². The molecule has 1 fully saturated rings. The van der Waals surface area contributed by atoms with Crippen molar-refractivity contribution in [2.75, 3.05) is 31.6 Å². The van der Waals surface area contributed by atoms with Crippen molar-refractivity contribution in [1.82, 2.24) is 9.88 Å². The fourth-order valence-corrected chi connectivity index (χ4v) is 2.74. The summed E-state index contributed by atoms with van der Waals surface area (Å²) in [5, 5.41) is 0. The molecule has 27 heavy (non-hydrogen) atoms. The Kier molecular flexibility index (Phi) is 5.02. The zero-order chi connectivity index (χ0) is 19.6. The molecule has 142 valence electrons. The van der Waals surface area contributed by atoms with Crippen LogP contribution in [0.5, 0.6) is 5.75 Å². The van der Waals surface area contributed by atoms with Gasteiger partial charge >= 0.3 is 12.2 Å². The maximum absolute atomic E-state index is 12.6. The van der Waals surface area contributed by atoms with Crippen molar-refractivity contribution in [2.24, 2.45) is 0 Å². The zero-order valence-electron chi connectivity index (χ0n) is 14.4. The largest absolute Gasteiger partial charge is 0.497 e. The molecule has 0 saturated carbocycles. The summed E-state index contributed by atoms with van der Waals surface area (Å²) in [4.78, 5) is 30.9. The van der Waals surface area contributed by atoms with Gasteiger partial charge in [0.2, 0.25) is 0 Å². The summed E-state index contributed by atoms with van der Waals surface area (Å²) < 4.78 is 42.9. The molecule has 0 aliphatic carbocycles. The quantitative estimate of drug-likeness (QED) is 0.749. The molecule has 1 saturated heterocycles. The number of nitrogens with zero attached hydrogens (tertiary/aromatic N) is 3. The summed E-state index contributed by atoms with van der Waals surface area (Å²) in [6.45, 7) is 0.420. The number of aromatic nitrogens is 1. The first-order chi connectivity index (χ1) is 12.8. The Labute approximate surface area is 153 Å². The van der Waals surface area contributed by atoms with Crippen molar-refractivity contribution < 1.29 is 27.5 Å². The van der Waals surface area contributed by atoms with E-state index < -0.39 is 17.9 Å². The first kappa shape index (κ1) is 18.7. The van der Waals surface area contributed by atoms with E-state index in [1.54, 1.807) is 24.3 Å². The van der Waals surface area contributed by atoms with Crippen LogP contribution in [0.3, 0.4) is 0 Å². The summed E-state index contributed by atoms with van der Waals surface area (Å²) in [5.74, 6) is 0.278. The number of Topliss-reactive ketones (excluding diaryl/α,β-unsaturated/α-hetero) is 1. The fourth-order valence-electron chi connectivity index (χ4n) is 2.74. The maximum atomic E-state index is 12.6. The number of hydrogen-bond donors (Lipinski definition) is 0. The van der Waals surface area contributed by atoms with Gasteiger partial charge in [0.15, 0.2) is 5.78 Å². The fraction of sp³-hybridized carbons (Fsp3) is 0.278. The van der Waals surface area contributed by atoms with E-state index in [9.17, 15) is 22.8 Å². The summed E-state index contributed by atoms with van der Waals surface area (Å²) in [7, 11) is 1.49. The molecule has 2 aromatic rings. The first-order valence-electron chi connectivity index (χ1n) is 8.06. The molecule has 3 rings (SSSR count). The van der Waals surface area contributed by atoms with Crippen LogP contribution in [-0.2, 0) is 6.18 Å². The van der Waals surface area contributed by atoms with Crippen LogP contribution in [0.1, 0.15) is 16.1 Å². The highest BCUT2D eigenvalue weighted by Crippen LogP contribution is 2.29. The number of halogens is 3. The molecule has 0 N–H and O–H groups in total. The zero-order valence-corrected chi connectivity index (χ0v) is 14.4. The molecule has 2 amide bonds. The minimum Gasteiger partial charge on any atom is -0.497 e. The van der Waals surface area contributed by atoms with Gasteiger partial charge in [-0.05, 0) is 24.3 Å². The molecule has 0 atom stereocenters. The Morgan fingerprint density at radius 2 is 2.00 bits per heavy atom. The summed E-state index contributed by atoms with van der Waals surface area (Å²) >= 11 is 0. The van der Waals surface area contributed by atoms with Crippen LogP contribution < -0.4 is 9.64 Å². The topological polar surface area (TPSA) is 62.7 Å². The van der Waals surface area contributed by atoms with Gasteiger partial charge in [-0.2, -0.15) is 13.2 Å². The average Bonchev–Trinajstić information content (AvgIpc) is 3.01. The Morgan fingerprint density at radius 1 is 1.22 bits per heavy atom. The third kappa shape index (κ3) is 4.02. The maximum Gasteiger partial charge on any atom is 0.433 e. The molecule has 1 aliphatic rings. The lowest BCUT2D eigenvalue weighted by Crippen LogP contribution is -2.35. The van der Waals surface area contributed by atoms with Gasteiger partial charge in [-0.3, -0.25) is 9.69 Å². The number of ether oxygens (including phenoxy) is 1. The molecule has 0 bridgehead atoms. The Morgan fingerprint density at radius 3 is 2.63 bits per heavy atom. The number of benzene rings is 1. The SMILES string of the molecule is COc1cccc(C(=O)CN2CCN(c3ccc(C(F)(F)F)nc3)C2=O)c1. The lowest BCUT2D eigenvalue weighted by Gasteiger charge is -2.18. The number of rotatable bonds is 5. The second-order valence-corrected chi connectivity index (χ2v) is 5.91. The molecule has 0 radical (unpaired) electrons. The molecule has 1 aromatic heterocycles. The van der Waals surface area contributed by atoms with Crippen LogP contribution in [0, 0.1) is 0 Å². The van der Waals surface area contributed by atoms with Gasteiger partial charge in [-0.25, -0.2) is 9.78 Å². The van der Waals surface area contributed by atoms with Gasteiger partial charge in [-0.15, -0.1) is 0 Å². The van der Waals surface area contributed by atoms with Crippen LogP contribution in [-0.4, -0.2) is 48.4 Å². The molecular formula is C18H16F3N3O3. The average molecular weight is 379 g/mol. The van der Waals surface area contributed by atoms with Crippen molar-refractivity contribution >= 4 is 17.5 Å². The Balaban J connectivity index is 1.68. The van der Waals surface area contributed by atoms with Gasteiger partial charge in [0.1, 0.15) is 11.4 Å². The van der Waals surface area contributed by atoms with Crippen LogP contribution in [0.15, 0.2) is 42.6 Å². The molecule has 6 nitrogen and oxygen atoms in total. The van der Waals surface area contributed by atoms with E-state index >= 15 is 0 Å². The summed E-state index contributed by atoms with van der Waals surface area (Å²) in [5.41, 5.74) is -0.357. The number of amides is 2. The van der Waals surface area contributed by atoms with Gasteiger partial charge in [0.25, 0.3) is 0 Å². The van der Waals surface area contributed by atoms with E-state index in [0.29, 0.717) is 11.3 Å². The monoisotopic (exact) mass is 379 g/mol. The number of carbonyl (C=O) groups excluding carboxylic acids is 2.